The second-order valence-corrected chi connectivity index (χ2v) is 3.47. The van der Waals surface area contributed by atoms with Gasteiger partial charge in [-0.15, -0.1) is 0 Å². The van der Waals surface area contributed by atoms with Crippen LogP contribution in [-0.4, -0.2) is 24.5 Å². The molecule has 0 atom stereocenters. The van der Waals surface area contributed by atoms with Crippen LogP contribution in [0.25, 0.3) is 0 Å². The molecule has 0 fully saturated rings. The minimum absolute atomic E-state index is 0.682. The predicted molar refractivity (Wildman–Crippen MR) is 56.1 cm³/mol. The average molecular weight is 206 g/mol. The maximum absolute atomic E-state index is 5.56. The molecule has 0 bridgehead atoms. The van der Waals surface area contributed by atoms with Gasteiger partial charge in [0.15, 0.2) is 0 Å². The predicted octanol–water partition coefficient (Wildman–Crippen LogP) is 0.374. The normalized spacial score (nSPS) is 10.8. The first-order valence-electron chi connectivity index (χ1n) is 4.81. The minimum atomic E-state index is 0.682. The van der Waals surface area contributed by atoms with Crippen LogP contribution >= 0.6 is 0 Å². The van der Waals surface area contributed by atoms with E-state index in [9.17, 15) is 0 Å². The van der Waals surface area contributed by atoms with Crippen molar-refractivity contribution in [1.82, 2.24) is 24.5 Å². The summed E-state index contributed by atoms with van der Waals surface area (Å²) in [4.78, 5) is 4.23. The van der Waals surface area contributed by atoms with Crippen LogP contribution < -0.4 is 5.73 Å². The Hall–Kier alpha value is -1.85. The molecule has 0 spiro atoms. The van der Waals surface area contributed by atoms with E-state index in [4.69, 9.17) is 5.73 Å². The molecular formula is C9H14N6. The van der Waals surface area contributed by atoms with Gasteiger partial charge in [0.05, 0.1) is 25.0 Å². The van der Waals surface area contributed by atoms with E-state index < -0.39 is 0 Å². The molecule has 0 saturated carbocycles. The number of nitrogens with zero attached hydrogens (tertiary/aromatic N) is 5. The fourth-order valence-electron chi connectivity index (χ4n) is 1.47. The smallest absolute Gasteiger partial charge is 0.147 e. The van der Waals surface area contributed by atoms with Crippen molar-refractivity contribution in [1.29, 1.82) is 0 Å². The van der Waals surface area contributed by atoms with Crippen molar-refractivity contribution in [2.75, 3.05) is 5.73 Å². The molecule has 2 heterocycles. The number of anilines is 1. The van der Waals surface area contributed by atoms with Crippen LogP contribution in [0, 0.1) is 13.8 Å². The number of nitrogens with two attached hydrogens (primary N) is 1. The third kappa shape index (κ3) is 2.15. The number of aromatic nitrogens is 5. The van der Waals surface area contributed by atoms with E-state index in [0.29, 0.717) is 5.69 Å². The first-order valence-corrected chi connectivity index (χ1v) is 4.81. The van der Waals surface area contributed by atoms with Crippen LogP contribution in [0.15, 0.2) is 12.4 Å². The Labute approximate surface area is 87.7 Å². The van der Waals surface area contributed by atoms with Gasteiger partial charge in [0, 0.05) is 6.20 Å². The second kappa shape index (κ2) is 3.72. The molecule has 0 radical (unpaired) electrons. The lowest BCUT2D eigenvalue weighted by Gasteiger charge is -2.02. The molecule has 0 aliphatic carbocycles. The summed E-state index contributed by atoms with van der Waals surface area (Å²) in [6.45, 7) is 5.33. The molecule has 2 aromatic heterocycles. The van der Waals surface area contributed by atoms with Gasteiger partial charge in [0.1, 0.15) is 11.6 Å². The zero-order chi connectivity index (χ0) is 10.8. The molecule has 2 N–H and O–H groups in total. The van der Waals surface area contributed by atoms with Crippen molar-refractivity contribution in [3.8, 4) is 0 Å². The Bertz CT molecular complexity index is 455. The van der Waals surface area contributed by atoms with Gasteiger partial charge in [0.2, 0.25) is 0 Å². The minimum Gasteiger partial charge on any atom is -0.396 e. The quantitative estimate of drug-likeness (QED) is 0.787. The average Bonchev–Trinajstić information content (AvgIpc) is 2.70. The zero-order valence-electron chi connectivity index (χ0n) is 8.88. The molecule has 2 aromatic rings. The highest BCUT2D eigenvalue weighted by molar-refractivity contribution is 5.30. The molecule has 0 aliphatic rings. The molecule has 15 heavy (non-hydrogen) atoms. The van der Waals surface area contributed by atoms with Gasteiger partial charge in [0.25, 0.3) is 0 Å². The van der Waals surface area contributed by atoms with E-state index in [1.54, 1.807) is 17.1 Å². The van der Waals surface area contributed by atoms with E-state index in [1.807, 2.05) is 18.5 Å². The zero-order valence-corrected chi connectivity index (χ0v) is 8.88. The summed E-state index contributed by atoms with van der Waals surface area (Å²) in [6, 6.07) is 0. The van der Waals surface area contributed by atoms with Gasteiger partial charge in [-0.05, 0) is 13.8 Å². The van der Waals surface area contributed by atoms with Crippen molar-refractivity contribution < 1.29 is 0 Å². The van der Waals surface area contributed by atoms with Crippen molar-refractivity contribution in [2.24, 2.45) is 0 Å². The Morgan fingerprint density at radius 3 is 2.67 bits per heavy atom. The monoisotopic (exact) mass is 206 g/mol. The number of aryl methyl sites for hydroxylation is 4. The summed E-state index contributed by atoms with van der Waals surface area (Å²) in [7, 11) is 0. The first-order chi connectivity index (χ1) is 7.15. The molecule has 80 valence electrons. The highest BCUT2D eigenvalue weighted by Gasteiger charge is 2.02. The number of nitrogen functional groups attached to an aromatic ring is 1. The van der Waals surface area contributed by atoms with Gasteiger partial charge in [-0.1, -0.05) is 0 Å². The van der Waals surface area contributed by atoms with Gasteiger partial charge in [-0.25, -0.2) is 9.67 Å². The third-order valence-electron chi connectivity index (χ3n) is 2.16. The molecule has 2 rings (SSSR count). The van der Waals surface area contributed by atoms with E-state index in [-0.39, 0.29) is 0 Å². The molecule has 0 amide bonds. The molecule has 0 aliphatic heterocycles. The third-order valence-corrected chi connectivity index (χ3v) is 2.16. The topological polar surface area (TPSA) is 74.5 Å². The van der Waals surface area contributed by atoms with Gasteiger partial charge >= 0.3 is 0 Å². The maximum atomic E-state index is 5.56. The Balaban J connectivity index is 2.01. The fraction of sp³-hybridized carbons (Fsp3) is 0.444. The van der Waals surface area contributed by atoms with E-state index in [0.717, 1.165) is 24.7 Å². The van der Waals surface area contributed by atoms with Crippen molar-refractivity contribution >= 4 is 5.69 Å². The molecule has 0 aromatic carbocycles. The fourth-order valence-corrected chi connectivity index (χ4v) is 1.47. The molecular weight excluding hydrogens is 192 g/mol. The van der Waals surface area contributed by atoms with E-state index >= 15 is 0 Å². The molecule has 0 saturated heterocycles. The molecule has 6 heteroatoms. The highest BCUT2D eigenvalue weighted by atomic mass is 15.4. The van der Waals surface area contributed by atoms with Crippen LogP contribution in [0.2, 0.25) is 0 Å². The summed E-state index contributed by atoms with van der Waals surface area (Å²) < 4.78 is 3.67. The second-order valence-electron chi connectivity index (χ2n) is 3.47. The van der Waals surface area contributed by atoms with Crippen LogP contribution in [-0.2, 0) is 13.1 Å². The lowest BCUT2D eigenvalue weighted by molar-refractivity contribution is 0.489. The Kier molecular flexibility index (Phi) is 2.40. The summed E-state index contributed by atoms with van der Waals surface area (Å²) in [5, 5.41) is 8.36. The van der Waals surface area contributed by atoms with Crippen molar-refractivity contribution in [3.05, 3.63) is 24.0 Å². The summed E-state index contributed by atoms with van der Waals surface area (Å²) >= 11 is 0. The standard InChI is InChI=1S/C9H14N6/c1-7-12-8(2)15(13-7)4-3-14-6-9(10)5-11-14/h5-6H,3-4,10H2,1-2H3. The summed E-state index contributed by atoms with van der Waals surface area (Å²) in [6.07, 6.45) is 3.44. The SMILES string of the molecule is Cc1nc(C)n(CCn2cc(N)cn2)n1. The lowest BCUT2D eigenvalue weighted by atomic mass is 10.5. The molecule has 0 unspecified atom stereocenters. The summed E-state index contributed by atoms with van der Waals surface area (Å²) in [5.41, 5.74) is 6.25. The van der Waals surface area contributed by atoms with Gasteiger partial charge in [-0.2, -0.15) is 10.2 Å². The largest absolute Gasteiger partial charge is 0.396 e. The van der Waals surface area contributed by atoms with Crippen LogP contribution in [0.1, 0.15) is 11.6 Å². The first kappa shape index (κ1) is 9.70. The van der Waals surface area contributed by atoms with Crippen molar-refractivity contribution in [3.63, 3.8) is 0 Å². The van der Waals surface area contributed by atoms with Crippen LogP contribution in [0.4, 0.5) is 5.69 Å². The van der Waals surface area contributed by atoms with Crippen LogP contribution in [0.3, 0.4) is 0 Å². The Morgan fingerprint density at radius 2 is 2.13 bits per heavy atom. The van der Waals surface area contributed by atoms with Crippen LogP contribution in [0.5, 0.6) is 0 Å². The maximum Gasteiger partial charge on any atom is 0.147 e. The highest BCUT2D eigenvalue weighted by Crippen LogP contribution is 2.00. The number of hydrogen-bond donors (Lipinski definition) is 1. The van der Waals surface area contributed by atoms with E-state index in [1.165, 1.54) is 0 Å². The molecule has 6 nitrogen and oxygen atoms in total. The lowest BCUT2D eigenvalue weighted by Crippen LogP contribution is -2.10. The summed E-state index contributed by atoms with van der Waals surface area (Å²) in [5.74, 6) is 1.72. The number of rotatable bonds is 3. The Morgan fingerprint density at radius 1 is 1.33 bits per heavy atom. The number of hydrogen-bond acceptors (Lipinski definition) is 4. The van der Waals surface area contributed by atoms with Crippen molar-refractivity contribution in [2.45, 2.75) is 26.9 Å². The van der Waals surface area contributed by atoms with Gasteiger partial charge in [-0.3, -0.25) is 4.68 Å². The van der Waals surface area contributed by atoms with Gasteiger partial charge < -0.3 is 5.73 Å². The van der Waals surface area contributed by atoms with E-state index in [2.05, 4.69) is 15.2 Å².